The number of benzene rings is 1. The van der Waals surface area contributed by atoms with Gasteiger partial charge in [-0.2, -0.15) is 0 Å². The molecule has 2 amide bonds. The highest BCUT2D eigenvalue weighted by Gasteiger charge is 2.10. The number of halogens is 1. The van der Waals surface area contributed by atoms with Crippen molar-refractivity contribution in [1.82, 2.24) is 15.5 Å². The summed E-state index contributed by atoms with van der Waals surface area (Å²) in [4.78, 5) is 23.8. The van der Waals surface area contributed by atoms with Crippen molar-refractivity contribution in [1.29, 1.82) is 0 Å². The van der Waals surface area contributed by atoms with E-state index in [-0.39, 0.29) is 17.4 Å². The number of carbonyl (C=O) groups is 2. The van der Waals surface area contributed by atoms with Crippen LogP contribution in [0.1, 0.15) is 16.1 Å². The summed E-state index contributed by atoms with van der Waals surface area (Å²) < 4.78 is 5.00. The summed E-state index contributed by atoms with van der Waals surface area (Å²) >= 11 is 7.08. The Morgan fingerprint density at radius 1 is 1.07 bits per heavy atom. The standard InChI is InChI=1S/C18H15ClN4O3S/c19-13-5-3-12(4-6-13)10-20-16(24)11-27-17-8-7-15(22-23-17)21-18(25)14-2-1-9-26-14/h1-9H,10-11H2,(H,20,24)(H,21,22,25). The number of rotatable bonds is 7. The first kappa shape index (κ1) is 18.9. The molecular weight excluding hydrogens is 388 g/mol. The van der Waals surface area contributed by atoms with Crippen LogP contribution in [0.25, 0.3) is 0 Å². The number of amides is 2. The average Bonchev–Trinajstić information content (AvgIpc) is 3.22. The van der Waals surface area contributed by atoms with Crippen LogP contribution in [-0.4, -0.2) is 27.8 Å². The van der Waals surface area contributed by atoms with Crippen LogP contribution in [0.5, 0.6) is 0 Å². The molecule has 7 nitrogen and oxygen atoms in total. The van der Waals surface area contributed by atoms with E-state index < -0.39 is 5.91 Å². The number of hydrogen-bond donors (Lipinski definition) is 2. The van der Waals surface area contributed by atoms with E-state index in [1.807, 2.05) is 12.1 Å². The summed E-state index contributed by atoms with van der Waals surface area (Å²) in [6, 6.07) is 13.7. The molecule has 138 valence electrons. The summed E-state index contributed by atoms with van der Waals surface area (Å²) in [5.74, 6) is 0.171. The molecule has 0 atom stereocenters. The van der Waals surface area contributed by atoms with Gasteiger partial charge in [0.1, 0.15) is 5.03 Å². The van der Waals surface area contributed by atoms with Crippen LogP contribution < -0.4 is 10.6 Å². The Balaban J connectivity index is 1.43. The van der Waals surface area contributed by atoms with Crippen molar-refractivity contribution in [3.63, 3.8) is 0 Å². The molecule has 1 aromatic carbocycles. The van der Waals surface area contributed by atoms with Crippen molar-refractivity contribution in [3.05, 3.63) is 71.1 Å². The van der Waals surface area contributed by atoms with E-state index in [4.69, 9.17) is 16.0 Å². The number of anilines is 1. The van der Waals surface area contributed by atoms with E-state index in [9.17, 15) is 9.59 Å². The number of furan rings is 1. The predicted molar refractivity (Wildman–Crippen MR) is 103 cm³/mol. The van der Waals surface area contributed by atoms with E-state index in [1.54, 1.807) is 36.4 Å². The van der Waals surface area contributed by atoms with E-state index in [0.717, 1.165) is 5.56 Å². The van der Waals surface area contributed by atoms with E-state index >= 15 is 0 Å². The first-order valence-electron chi connectivity index (χ1n) is 7.93. The van der Waals surface area contributed by atoms with Gasteiger partial charge >= 0.3 is 0 Å². The largest absolute Gasteiger partial charge is 0.459 e. The molecule has 3 rings (SSSR count). The maximum absolute atomic E-state index is 11.9. The normalized spacial score (nSPS) is 10.4. The fourth-order valence-corrected chi connectivity index (χ4v) is 2.81. The summed E-state index contributed by atoms with van der Waals surface area (Å²) in [6.45, 7) is 0.431. The van der Waals surface area contributed by atoms with Crippen LogP contribution >= 0.6 is 23.4 Å². The highest BCUT2D eigenvalue weighted by molar-refractivity contribution is 7.99. The highest BCUT2D eigenvalue weighted by atomic mass is 35.5. The van der Waals surface area contributed by atoms with Crippen molar-refractivity contribution in [3.8, 4) is 0 Å². The van der Waals surface area contributed by atoms with Gasteiger partial charge in [-0.3, -0.25) is 9.59 Å². The summed E-state index contributed by atoms with van der Waals surface area (Å²) in [5, 5.41) is 14.5. The van der Waals surface area contributed by atoms with Crippen molar-refractivity contribution in [2.24, 2.45) is 0 Å². The highest BCUT2D eigenvalue weighted by Crippen LogP contribution is 2.16. The molecule has 0 unspecified atom stereocenters. The van der Waals surface area contributed by atoms with Crippen LogP contribution in [0.4, 0.5) is 5.82 Å². The molecule has 0 aliphatic carbocycles. The lowest BCUT2D eigenvalue weighted by Gasteiger charge is -2.06. The fourth-order valence-electron chi connectivity index (χ4n) is 2.04. The van der Waals surface area contributed by atoms with Crippen LogP contribution in [0.2, 0.25) is 5.02 Å². The molecule has 0 spiro atoms. The molecule has 0 fully saturated rings. The first-order valence-corrected chi connectivity index (χ1v) is 9.29. The molecule has 0 radical (unpaired) electrons. The second-order valence-corrected chi connectivity index (χ2v) is 6.81. The molecule has 0 saturated heterocycles. The van der Waals surface area contributed by atoms with Gasteiger partial charge in [-0.25, -0.2) is 0 Å². The zero-order chi connectivity index (χ0) is 19.1. The number of nitrogens with one attached hydrogen (secondary N) is 2. The van der Waals surface area contributed by atoms with Crippen LogP contribution in [-0.2, 0) is 11.3 Å². The topological polar surface area (TPSA) is 97.1 Å². The summed E-state index contributed by atoms with van der Waals surface area (Å²) in [7, 11) is 0. The van der Waals surface area contributed by atoms with Crippen LogP contribution in [0.3, 0.4) is 0 Å². The van der Waals surface area contributed by atoms with Gasteiger partial charge in [-0.15, -0.1) is 10.2 Å². The molecule has 2 heterocycles. The summed E-state index contributed by atoms with van der Waals surface area (Å²) in [6.07, 6.45) is 1.41. The Morgan fingerprint density at radius 3 is 2.56 bits per heavy atom. The fraction of sp³-hybridized carbons (Fsp3) is 0.111. The molecule has 0 aliphatic heterocycles. The third-order valence-electron chi connectivity index (χ3n) is 3.38. The smallest absolute Gasteiger partial charge is 0.292 e. The van der Waals surface area contributed by atoms with E-state index in [1.165, 1.54) is 18.0 Å². The lowest BCUT2D eigenvalue weighted by atomic mass is 10.2. The van der Waals surface area contributed by atoms with Gasteiger partial charge in [0.05, 0.1) is 12.0 Å². The van der Waals surface area contributed by atoms with Gasteiger partial charge in [0, 0.05) is 11.6 Å². The third kappa shape index (κ3) is 5.83. The number of hydrogen-bond acceptors (Lipinski definition) is 6. The maximum atomic E-state index is 11.9. The van der Waals surface area contributed by atoms with Gasteiger partial charge < -0.3 is 15.1 Å². The van der Waals surface area contributed by atoms with Crippen molar-refractivity contribution < 1.29 is 14.0 Å². The van der Waals surface area contributed by atoms with Gasteiger partial charge in [-0.1, -0.05) is 35.5 Å². The van der Waals surface area contributed by atoms with Crippen molar-refractivity contribution in [2.75, 3.05) is 11.1 Å². The van der Waals surface area contributed by atoms with Crippen LogP contribution in [0.15, 0.2) is 64.2 Å². The predicted octanol–water partition coefficient (Wildman–Crippen LogP) is 3.38. The zero-order valence-electron chi connectivity index (χ0n) is 14.0. The SMILES string of the molecule is O=C(CSc1ccc(NC(=O)c2ccco2)nn1)NCc1ccc(Cl)cc1. The molecule has 0 bridgehead atoms. The molecule has 27 heavy (non-hydrogen) atoms. The quantitative estimate of drug-likeness (QED) is 0.588. The molecule has 0 aliphatic rings. The minimum Gasteiger partial charge on any atom is -0.459 e. The Kier molecular flexibility index (Phi) is 6.45. The molecule has 3 aromatic rings. The molecule has 2 N–H and O–H groups in total. The van der Waals surface area contributed by atoms with E-state index in [2.05, 4.69) is 20.8 Å². The van der Waals surface area contributed by atoms with Gasteiger partial charge in [0.15, 0.2) is 11.6 Å². The lowest BCUT2D eigenvalue weighted by Crippen LogP contribution is -2.24. The molecule has 9 heteroatoms. The molecular formula is C18H15ClN4O3S. The van der Waals surface area contributed by atoms with Gasteiger partial charge in [0.2, 0.25) is 5.91 Å². The number of aromatic nitrogens is 2. The Bertz CT molecular complexity index is 899. The monoisotopic (exact) mass is 402 g/mol. The van der Waals surface area contributed by atoms with Crippen molar-refractivity contribution in [2.45, 2.75) is 11.6 Å². The lowest BCUT2D eigenvalue weighted by molar-refractivity contribution is -0.118. The minimum absolute atomic E-state index is 0.119. The zero-order valence-corrected chi connectivity index (χ0v) is 15.6. The second-order valence-electron chi connectivity index (χ2n) is 5.38. The van der Waals surface area contributed by atoms with E-state index in [0.29, 0.717) is 22.4 Å². The van der Waals surface area contributed by atoms with Gasteiger partial charge in [0.25, 0.3) is 5.91 Å². The Hall–Kier alpha value is -2.84. The van der Waals surface area contributed by atoms with Gasteiger partial charge in [-0.05, 0) is 42.0 Å². The number of nitrogens with zero attached hydrogens (tertiary/aromatic N) is 2. The van der Waals surface area contributed by atoms with Crippen molar-refractivity contribution >= 4 is 41.0 Å². The maximum Gasteiger partial charge on any atom is 0.292 e. The summed E-state index contributed by atoms with van der Waals surface area (Å²) in [5.41, 5.74) is 0.967. The average molecular weight is 403 g/mol. The molecule has 0 saturated carbocycles. The van der Waals surface area contributed by atoms with Crippen LogP contribution in [0, 0.1) is 0 Å². The molecule has 2 aromatic heterocycles. The Morgan fingerprint density at radius 2 is 1.89 bits per heavy atom. The second kappa shape index (κ2) is 9.20. The number of carbonyl (C=O) groups excluding carboxylic acids is 2. The third-order valence-corrected chi connectivity index (χ3v) is 4.55. The minimum atomic E-state index is -0.406. The first-order chi connectivity index (χ1) is 13.1. The number of thioether (sulfide) groups is 1. The Labute approximate surface area is 164 Å².